The fraction of sp³-hybridized carbons (Fsp3) is 0.606. The molecule has 4 amide bonds. The highest BCUT2D eigenvalue weighted by Crippen LogP contribution is 2.28. The summed E-state index contributed by atoms with van der Waals surface area (Å²) in [4.78, 5) is 55.4. The van der Waals surface area contributed by atoms with Crippen molar-refractivity contribution in [2.45, 2.75) is 78.8 Å². The molecule has 3 rings (SSSR count). The number of ether oxygens (including phenoxy) is 2. The van der Waals surface area contributed by atoms with Crippen molar-refractivity contribution in [3.05, 3.63) is 41.2 Å². The maximum atomic E-state index is 13.8. The summed E-state index contributed by atoms with van der Waals surface area (Å²) in [5.74, 6) is 0.455. The molecule has 0 unspecified atom stereocenters. The lowest BCUT2D eigenvalue weighted by atomic mass is 10.1. The number of aryl methyl sites for hydroxylation is 2. The Hall–Kier alpha value is -4.09. The van der Waals surface area contributed by atoms with Gasteiger partial charge in [-0.2, -0.15) is 5.10 Å². The molecule has 0 aliphatic carbocycles. The van der Waals surface area contributed by atoms with Crippen molar-refractivity contribution >= 4 is 23.6 Å². The van der Waals surface area contributed by atoms with Crippen molar-refractivity contribution in [1.82, 2.24) is 30.2 Å². The molecule has 12 nitrogen and oxygen atoms in total. The minimum absolute atomic E-state index is 0.0848. The van der Waals surface area contributed by atoms with Gasteiger partial charge in [-0.3, -0.25) is 23.9 Å². The molecule has 0 fully saturated rings. The molecule has 0 radical (unpaired) electrons. The number of benzene rings is 1. The van der Waals surface area contributed by atoms with Gasteiger partial charge in [-0.25, -0.2) is 0 Å². The molecule has 2 heterocycles. The van der Waals surface area contributed by atoms with Crippen LogP contribution in [0.2, 0.25) is 0 Å². The number of methoxy groups -OCH3 is 1. The monoisotopic (exact) mass is 626 g/mol. The summed E-state index contributed by atoms with van der Waals surface area (Å²) >= 11 is 0. The summed E-state index contributed by atoms with van der Waals surface area (Å²) in [5, 5.41) is 10.3. The van der Waals surface area contributed by atoms with Crippen LogP contribution in [0, 0.1) is 5.92 Å². The minimum Gasteiger partial charge on any atom is -0.493 e. The normalized spacial score (nSPS) is 18.4. The minimum atomic E-state index is -0.733. The Morgan fingerprint density at radius 1 is 1.07 bits per heavy atom. The predicted molar refractivity (Wildman–Crippen MR) is 171 cm³/mol. The smallest absolute Gasteiger partial charge is 0.272 e. The van der Waals surface area contributed by atoms with Gasteiger partial charge in [0.15, 0.2) is 18.1 Å². The van der Waals surface area contributed by atoms with E-state index in [4.69, 9.17) is 9.47 Å². The van der Waals surface area contributed by atoms with Crippen LogP contribution in [0.4, 0.5) is 0 Å². The maximum Gasteiger partial charge on any atom is 0.272 e. The van der Waals surface area contributed by atoms with E-state index in [0.29, 0.717) is 81.5 Å². The third kappa shape index (κ3) is 10.8. The van der Waals surface area contributed by atoms with Crippen LogP contribution in [0.1, 0.15) is 75.1 Å². The molecule has 45 heavy (non-hydrogen) atoms. The van der Waals surface area contributed by atoms with Gasteiger partial charge in [0.1, 0.15) is 11.7 Å². The number of amides is 4. The Morgan fingerprint density at radius 3 is 2.51 bits per heavy atom. The molecule has 12 heteroatoms. The first-order valence-corrected chi connectivity index (χ1v) is 16.0. The van der Waals surface area contributed by atoms with E-state index >= 15 is 0 Å². The van der Waals surface area contributed by atoms with Crippen molar-refractivity contribution in [2.75, 3.05) is 46.9 Å². The first-order chi connectivity index (χ1) is 21.5. The van der Waals surface area contributed by atoms with E-state index in [1.165, 1.54) is 7.11 Å². The Balaban J connectivity index is 1.76. The lowest BCUT2D eigenvalue weighted by Crippen LogP contribution is -2.47. The fourth-order valence-electron chi connectivity index (χ4n) is 5.29. The number of carbonyl (C=O) groups is 4. The number of hydrogen-bond acceptors (Lipinski definition) is 7. The zero-order valence-electron chi connectivity index (χ0n) is 27.7. The van der Waals surface area contributed by atoms with E-state index in [-0.39, 0.29) is 30.7 Å². The van der Waals surface area contributed by atoms with Crippen molar-refractivity contribution in [1.29, 1.82) is 0 Å². The van der Waals surface area contributed by atoms with Gasteiger partial charge in [-0.1, -0.05) is 19.9 Å². The van der Waals surface area contributed by atoms with Crippen LogP contribution in [0.3, 0.4) is 0 Å². The number of fused-ring (bicyclic) bond motifs is 2. The number of rotatable bonds is 5. The fourth-order valence-corrected chi connectivity index (χ4v) is 5.29. The van der Waals surface area contributed by atoms with E-state index in [9.17, 15) is 19.2 Å². The summed E-state index contributed by atoms with van der Waals surface area (Å²) in [6, 6.07) is 6.51. The van der Waals surface area contributed by atoms with Crippen LogP contribution in [0.25, 0.3) is 0 Å². The first kappa shape index (κ1) is 35.4. The largest absolute Gasteiger partial charge is 0.493 e. The number of aromatic nitrogens is 2. The SMILES string of the molecule is CCn1nc(CC(C)C)cc1C(=O)N1CCCCN(C)C(=O)[C@H](C)NC(=O)COc2cc(ccc2OC)CCC(=O)NCCC1. The van der Waals surface area contributed by atoms with Gasteiger partial charge >= 0.3 is 0 Å². The molecule has 0 saturated heterocycles. The van der Waals surface area contributed by atoms with E-state index < -0.39 is 11.9 Å². The van der Waals surface area contributed by atoms with Crippen molar-refractivity contribution < 1.29 is 28.7 Å². The number of carbonyl (C=O) groups excluding carboxylic acids is 4. The summed E-state index contributed by atoms with van der Waals surface area (Å²) in [6.07, 6.45) is 3.50. The van der Waals surface area contributed by atoms with Gasteiger partial charge in [-0.15, -0.1) is 0 Å². The topological polar surface area (TPSA) is 135 Å². The number of likely N-dealkylation sites (N-methyl/N-ethyl adjacent to an activating group) is 1. The Kier molecular flexibility index (Phi) is 13.7. The zero-order chi connectivity index (χ0) is 32.9. The van der Waals surface area contributed by atoms with Gasteiger partial charge < -0.3 is 29.9 Å². The number of hydrogen-bond donors (Lipinski definition) is 2. The van der Waals surface area contributed by atoms with Crippen molar-refractivity contribution in [2.24, 2.45) is 5.92 Å². The number of nitrogens with zero attached hydrogens (tertiary/aromatic N) is 4. The van der Waals surface area contributed by atoms with Gasteiger partial charge in [0.25, 0.3) is 11.8 Å². The molecule has 248 valence electrons. The molecule has 0 saturated carbocycles. The third-order valence-electron chi connectivity index (χ3n) is 7.70. The molecule has 1 aromatic carbocycles. The Labute approximate surface area is 266 Å². The third-order valence-corrected chi connectivity index (χ3v) is 7.70. The standard InChI is InChI=1S/C33H50N6O6/c1-7-39-27(21-26(36-39)19-23(2)3)33(43)38-17-9-8-16-37(5)32(42)24(4)35-31(41)22-45-29-20-25(11-13-28(29)44-6)12-14-30(40)34-15-10-18-38/h11,13,20-21,23-24H,7-10,12,14-19,22H2,1-6H3,(H,34,40)(H,35,41)/t24-/m0/s1. The molecule has 2 N–H and O–H groups in total. The molecular weight excluding hydrogens is 576 g/mol. The highest BCUT2D eigenvalue weighted by atomic mass is 16.5. The Morgan fingerprint density at radius 2 is 1.80 bits per heavy atom. The average molecular weight is 627 g/mol. The van der Waals surface area contributed by atoms with Gasteiger partial charge in [0.2, 0.25) is 11.8 Å². The molecule has 2 bridgehead atoms. The second kappa shape index (κ2) is 17.4. The quantitative estimate of drug-likeness (QED) is 0.521. The van der Waals surface area contributed by atoms with E-state index in [1.54, 1.807) is 35.7 Å². The second-order valence-corrected chi connectivity index (χ2v) is 12.0. The number of nitrogens with one attached hydrogen (secondary N) is 2. The molecule has 1 aromatic heterocycles. The van der Waals surface area contributed by atoms with Crippen molar-refractivity contribution in [3.8, 4) is 11.5 Å². The van der Waals surface area contributed by atoms with E-state index in [2.05, 4.69) is 29.6 Å². The molecule has 2 aromatic rings. The maximum absolute atomic E-state index is 13.8. The van der Waals surface area contributed by atoms with Gasteiger partial charge in [0.05, 0.1) is 12.8 Å². The van der Waals surface area contributed by atoms with Crippen LogP contribution in [0.5, 0.6) is 11.5 Å². The van der Waals surface area contributed by atoms with E-state index in [0.717, 1.165) is 17.7 Å². The highest BCUT2D eigenvalue weighted by Gasteiger charge is 2.23. The molecule has 1 aliphatic heterocycles. The summed E-state index contributed by atoms with van der Waals surface area (Å²) in [5.41, 5.74) is 2.33. The summed E-state index contributed by atoms with van der Waals surface area (Å²) < 4.78 is 12.9. The van der Waals surface area contributed by atoms with Crippen molar-refractivity contribution in [3.63, 3.8) is 0 Å². The average Bonchev–Trinajstić information content (AvgIpc) is 3.42. The summed E-state index contributed by atoms with van der Waals surface area (Å²) in [7, 11) is 3.22. The second-order valence-electron chi connectivity index (χ2n) is 12.0. The lowest BCUT2D eigenvalue weighted by Gasteiger charge is -2.25. The first-order valence-electron chi connectivity index (χ1n) is 16.0. The summed E-state index contributed by atoms with van der Waals surface area (Å²) in [6.45, 7) is 10.1. The van der Waals surface area contributed by atoms with Crippen LogP contribution in [0.15, 0.2) is 24.3 Å². The molecular formula is C33H50N6O6. The van der Waals surface area contributed by atoms with E-state index in [1.807, 2.05) is 24.0 Å². The van der Waals surface area contributed by atoms with Crippen LogP contribution < -0.4 is 20.1 Å². The molecule has 0 spiro atoms. The van der Waals surface area contributed by atoms with Crippen LogP contribution >= 0.6 is 0 Å². The van der Waals surface area contributed by atoms with Crippen LogP contribution in [-0.4, -0.2) is 96.2 Å². The van der Waals surface area contributed by atoms with Gasteiger partial charge in [0, 0.05) is 46.2 Å². The Bertz CT molecular complexity index is 1310. The molecule has 1 aliphatic rings. The highest BCUT2D eigenvalue weighted by molar-refractivity contribution is 5.92. The molecule has 1 atom stereocenters. The van der Waals surface area contributed by atoms with Gasteiger partial charge in [-0.05, 0) is 75.6 Å². The lowest BCUT2D eigenvalue weighted by molar-refractivity contribution is -0.135. The zero-order valence-corrected chi connectivity index (χ0v) is 27.7. The predicted octanol–water partition coefficient (Wildman–Crippen LogP) is 2.83. The van der Waals surface area contributed by atoms with Crippen LogP contribution in [-0.2, 0) is 33.8 Å².